The quantitative estimate of drug-likeness (QED) is 0.184. The van der Waals surface area contributed by atoms with Crippen LogP contribution in [0.5, 0.6) is 5.75 Å². The lowest BCUT2D eigenvalue weighted by atomic mass is 10.1. The number of aromatic nitrogens is 4. The predicted octanol–water partition coefficient (Wildman–Crippen LogP) is 4.33. The highest BCUT2D eigenvalue weighted by atomic mass is 19.3. The molecule has 1 aliphatic heterocycles. The molecule has 3 N–H and O–H groups in total. The molecule has 0 radical (unpaired) electrons. The van der Waals surface area contributed by atoms with Gasteiger partial charge in [-0.25, -0.2) is 23.7 Å². The fourth-order valence-electron chi connectivity index (χ4n) is 4.45. The van der Waals surface area contributed by atoms with Gasteiger partial charge in [-0.15, -0.1) is 0 Å². The Morgan fingerprint density at radius 2 is 1.95 bits per heavy atom. The number of alkyl halides is 2. The number of nitrogens with one attached hydrogen (secondary N) is 3. The largest absolute Gasteiger partial charge is 0.493 e. The van der Waals surface area contributed by atoms with Gasteiger partial charge in [0.1, 0.15) is 23.5 Å². The highest BCUT2D eigenvalue weighted by Gasteiger charge is 2.43. The first-order chi connectivity index (χ1) is 18.9. The van der Waals surface area contributed by atoms with Crippen LogP contribution in [0.2, 0.25) is 0 Å². The van der Waals surface area contributed by atoms with E-state index in [2.05, 4.69) is 25.6 Å². The summed E-state index contributed by atoms with van der Waals surface area (Å²) in [7, 11) is 1.81. The number of imidazole rings is 1. The van der Waals surface area contributed by atoms with Crippen LogP contribution in [0.4, 0.5) is 14.6 Å². The highest BCUT2D eigenvalue weighted by Crippen LogP contribution is 2.27. The third-order valence-electron chi connectivity index (χ3n) is 6.43. The van der Waals surface area contributed by atoms with Gasteiger partial charge in [0.05, 0.1) is 37.3 Å². The number of pyridine rings is 1. The van der Waals surface area contributed by atoms with Crippen molar-refractivity contribution in [3.63, 3.8) is 0 Å². The summed E-state index contributed by atoms with van der Waals surface area (Å²) in [5.41, 5.74) is 5.12. The number of anilines is 1. The number of hydrogen-bond acceptors (Lipinski definition) is 8. The van der Waals surface area contributed by atoms with Gasteiger partial charge in [0, 0.05) is 56.5 Å². The Bertz CT molecular complexity index is 1460. The van der Waals surface area contributed by atoms with Crippen LogP contribution in [0, 0.1) is 5.41 Å². The number of ether oxygens (including phenoxy) is 1. The van der Waals surface area contributed by atoms with Crippen molar-refractivity contribution < 1.29 is 13.5 Å². The van der Waals surface area contributed by atoms with E-state index in [4.69, 9.17) is 10.1 Å². The average Bonchev–Trinajstić information content (AvgIpc) is 3.36. The molecule has 0 spiro atoms. The second kappa shape index (κ2) is 11.6. The Balaban J connectivity index is 1.18. The van der Waals surface area contributed by atoms with Crippen LogP contribution in [0.25, 0.3) is 22.6 Å². The maximum atomic E-state index is 12.9. The van der Waals surface area contributed by atoms with Gasteiger partial charge < -0.3 is 20.8 Å². The molecule has 0 aliphatic carbocycles. The van der Waals surface area contributed by atoms with Gasteiger partial charge in [0.2, 0.25) is 0 Å². The molecule has 4 aromatic rings. The molecule has 11 heteroatoms. The summed E-state index contributed by atoms with van der Waals surface area (Å²) in [6.07, 6.45) is 8.95. The second-order valence-electron chi connectivity index (χ2n) is 9.37. The first kappa shape index (κ1) is 26.2. The topological polar surface area (TPSA) is 103 Å². The van der Waals surface area contributed by atoms with E-state index < -0.39 is 5.92 Å². The number of halogens is 2. The number of hydrogen-bond donors (Lipinski definition) is 3. The first-order valence-corrected chi connectivity index (χ1v) is 12.7. The Hall–Kier alpha value is -4.38. The number of nitrogens with zero attached hydrogens (tertiary/aromatic N) is 5. The van der Waals surface area contributed by atoms with Crippen molar-refractivity contribution in [1.82, 2.24) is 29.6 Å². The van der Waals surface area contributed by atoms with Crippen molar-refractivity contribution >= 4 is 23.3 Å². The summed E-state index contributed by atoms with van der Waals surface area (Å²) >= 11 is 0. The van der Waals surface area contributed by atoms with E-state index in [0.717, 1.165) is 33.7 Å². The fraction of sp³-hybridized carbons (Fsp3) is 0.286. The Kier molecular flexibility index (Phi) is 7.78. The van der Waals surface area contributed by atoms with Gasteiger partial charge in [0.15, 0.2) is 0 Å². The molecule has 0 bridgehead atoms. The summed E-state index contributed by atoms with van der Waals surface area (Å²) < 4.78 is 33.6. The van der Waals surface area contributed by atoms with E-state index in [9.17, 15) is 8.78 Å². The monoisotopic (exact) mass is 532 g/mol. The van der Waals surface area contributed by atoms with Crippen LogP contribution >= 0.6 is 0 Å². The minimum absolute atomic E-state index is 0.161. The molecule has 1 aliphatic rings. The Labute approximate surface area is 225 Å². The van der Waals surface area contributed by atoms with Crippen LogP contribution in [0.1, 0.15) is 17.5 Å². The number of fused-ring (bicyclic) bond motifs is 1. The third-order valence-corrected chi connectivity index (χ3v) is 6.43. The zero-order valence-corrected chi connectivity index (χ0v) is 21.6. The zero-order chi connectivity index (χ0) is 27.2. The number of rotatable bonds is 12. The molecule has 202 valence electrons. The molecule has 5 rings (SSSR count). The van der Waals surface area contributed by atoms with Crippen molar-refractivity contribution in [3.05, 3.63) is 78.5 Å². The van der Waals surface area contributed by atoms with Crippen molar-refractivity contribution in [2.45, 2.75) is 18.9 Å². The van der Waals surface area contributed by atoms with Crippen molar-refractivity contribution in [3.8, 4) is 17.1 Å². The van der Waals surface area contributed by atoms with Crippen LogP contribution in [-0.4, -0.2) is 69.7 Å². The molecular formula is C28H30F2N8O. The van der Waals surface area contributed by atoms with Gasteiger partial charge in [-0.3, -0.25) is 9.30 Å². The van der Waals surface area contributed by atoms with Crippen LogP contribution in [0.15, 0.2) is 67.4 Å². The van der Waals surface area contributed by atoms with Gasteiger partial charge in [-0.1, -0.05) is 24.3 Å². The van der Waals surface area contributed by atoms with Gasteiger partial charge in [0.25, 0.3) is 5.92 Å². The molecule has 0 amide bonds. The summed E-state index contributed by atoms with van der Waals surface area (Å²) in [6.45, 7) is 1.31. The van der Waals surface area contributed by atoms with Gasteiger partial charge in [-0.2, -0.15) is 0 Å². The molecule has 0 atom stereocenters. The van der Waals surface area contributed by atoms with Crippen molar-refractivity contribution in [2.75, 3.05) is 38.6 Å². The SMILES string of the molecule is CN/C=C(\C=N)c1ccc(CNc2cc(-c3cnc4cc(OCCCN5CC(F)(F)C5)ccn34)ncn2)cc1. The Morgan fingerprint density at radius 1 is 1.13 bits per heavy atom. The molecule has 9 nitrogen and oxygen atoms in total. The summed E-state index contributed by atoms with van der Waals surface area (Å²) in [5, 5.41) is 13.9. The lowest BCUT2D eigenvalue weighted by Crippen LogP contribution is -2.56. The maximum absolute atomic E-state index is 12.9. The van der Waals surface area contributed by atoms with E-state index in [-0.39, 0.29) is 13.1 Å². The molecule has 4 heterocycles. The molecule has 39 heavy (non-hydrogen) atoms. The van der Waals surface area contributed by atoms with Gasteiger partial charge in [-0.05, 0) is 23.6 Å². The van der Waals surface area contributed by atoms with E-state index >= 15 is 0 Å². The summed E-state index contributed by atoms with van der Waals surface area (Å²) in [6, 6.07) is 13.6. The number of benzene rings is 1. The van der Waals surface area contributed by atoms with Crippen LogP contribution in [0.3, 0.4) is 0 Å². The number of likely N-dealkylation sites (tertiary alicyclic amines) is 1. The smallest absolute Gasteiger partial charge is 0.272 e. The van der Waals surface area contributed by atoms with Crippen molar-refractivity contribution in [1.29, 1.82) is 5.41 Å². The molecule has 1 saturated heterocycles. The van der Waals surface area contributed by atoms with Crippen LogP contribution < -0.4 is 15.4 Å². The van der Waals surface area contributed by atoms with E-state index in [1.54, 1.807) is 17.3 Å². The minimum Gasteiger partial charge on any atom is -0.493 e. The molecule has 1 aromatic carbocycles. The number of allylic oxidation sites excluding steroid dienone is 1. The maximum Gasteiger partial charge on any atom is 0.272 e. The van der Waals surface area contributed by atoms with Crippen LogP contribution in [-0.2, 0) is 6.54 Å². The van der Waals surface area contributed by atoms with E-state index in [0.29, 0.717) is 37.7 Å². The second-order valence-corrected chi connectivity index (χ2v) is 9.37. The van der Waals surface area contributed by atoms with Gasteiger partial charge >= 0.3 is 0 Å². The minimum atomic E-state index is -2.53. The predicted molar refractivity (Wildman–Crippen MR) is 147 cm³/mol. The molecule has 3 aromatic heterocycles. The average molecular weight is 533 g/mol. The van der Waals surface area contributed by atoms with E-state index in [1.807, 2.05) is 60.1 Å². The third kappa shape index (κ3) is 6.37. The molecule has 0 saturated carbocycles. The Morgan fingerprint density at radius 3 is 2.69 bits per heavy atom. The highest BCUT2D eigenvalue weighted by molar-refractivity contribution is 6.08. The lowest BCUT2D eigenvalue weighted by Gasteiger charge is -2.38. The molecule has 0 unspecified atom stereocenters. The summed E-state index contributed by atoms with van der Waals surface area (Å²) in [4.78, 5) is 15.0. The molecular weight excluding hydrogens is 502 g/mol. The zero-order valence-electron chi connectivity index (χ0n) is 21.6. The summed E-state index contributed by atoms with van der Waals surface area (Å²) in [5.74, 6) is -1.17. The van der Waals surface area contributed by atoms with Crippen molar-refractivity contribution in [2.24, 2.45) is 0 Å². The standard InChI is InChI=1S/C28H30F2N8O/c1-32-15-22(13-31)21-5-3-20(4-6-21)14-33-26-12-24(35-19-36-26)25-16-34-27-11-23(7-9-38(25)27)39-10-2-8-37-17-28(29,30)18-37/h3-7,9,11-13,15-16,19,31-32H,2,8,10,14,17-18H2,1H3,(H,33,35,36)/b22-15+,31-13?. The normalized spacial score (nSPS) is 15.1. The lowest BCUT2D eigenvalue weighted by molar-refractivity contribution is -0.130. The first-order valence-electron chi connectivity index (χ1n) is 12.7. The molecule has 1 fully saturated rings. The van der Waals surface area contributed by atoms with E-state index in [1.165, 1.54) is 12.5 Å². The fourth-order valence-corrected chi connectivity index (χ4v) is 4.45.